The summed E-state index contributed by atoms with van der Waals surface area (Å²) in [4.78, 5) is 0. The third-order valence-corrected chi connectivity index (χ3v) is 5.35. The van der Waals surface area contributed by atoms with Crippen molar-refractivity contribution >= 4 is 11.8 Å². The molecule has 1 aliphatic heterocycles. The second-order valence-corrected chi connectivity index (χ2v) is 6.78. The van der Waals surface area contributed by atoms with Gasteiger partial charge in [0.15, 0.2) is 0 Å². The topological polar surface area (TPSA) is 29.5 Å². The minimum absolute atomic E-state index is 0.195. The standard InChI is InChI=1S/C20H16O2S/c21-14-6-5-7-15(13-12-14)23-20-16-8-1-3-10-18(16)22-19-11-4-2-9-17(19)20/h1-13,15,20-21H. The highest BCUT2D eigenvalue weighted by atomic mass is 32.2. The van der Waals surface area contributed by atoms with Gasteiger partial charge in [-0.2, -0.15) is 0 Å². The Labute approximate surface area is 139 Å². The third kappa shape index (κ3) is 2.80. The second kappa shape index (κ2) is 6.01. The van der Waals surface area contributed by atoms with Gasteiger partial charge in [0.2, 0.25) is 0 Å². The van der Waals surface area contributed by atoms with Crippen LogP contribution in [0.1, 0.15) is 16.4 Å². The Balaban J connectivity index is 1.72. The Morgan fingerprint density at radius 2 is 1.52 bits per heavy atom. The van der Waals surface area contributed by atoms with Gasteiger partial charge in [0.1, 0.15) is 17.3 Å². The highest BCUT2D eigenvalue weighted by Gasteiger charge is 2.28. The number of aliphatic hydroxyl groups is 1. The summed E-state index contributed by atoms with van der Waals surface area (Å²) in [5.41, 5.74) is 2.39. The summed E-state index contributed by atoms with van der Waals surface area (Å²) in [5.74, 6) is 2.13. The molecule has 2 nitrogen and oxygen atoms in total. The smallest absolute Gasteiger partial charge is 0.132 e. The first-order chi connectivity index (χ1) is 11.3. The predicted octanol–water partition coefficient (Wildman–Crippen LogP) is 5.55. The highest BCUT2D eigenvalue weighted by molar-refractivity contribution is 8.00. The van der Waals surface area contributed by atoms with E-state index in [2.05, 4.69) is 30.3 Å². The summed E-state index contributed by atoms with van der Waals surface area (Å²) in [5, 5.41) is 10.0. The Kier molecular flexibility index (Phi) is 3.72. The van der Waals surface area contributed by atoms with Crippen LogP contribution in [0.25, 0.3) is 0 Å². The molecule has 0 radical (unpaired) electrons. The van der Waals surface area contributed by atoms with E-state index in [9.17, 15) is 5.11 Å². The molecule has 114 valence electrons. The summed E-state index contributed by atoms with van der Waals surface area (Å²) in [6, 6.07) is 16.4. The Morgan fingerprint density at radius 3 is 2.22 bits per heavy atom. The van der Waals surface area contributed by atoms with Crippen molar-refractivity contribution in [3.05, 3.63) is 95.8 Å². The number of allylic oxidation sites excluding steroid dienone is 3. The molecule has 0 saturated carbocycles. The number of ether oxygens (including phenoxy) is 1. The molecule has 0 saturated heterocycles. The molecule has 0 bridgehead atoms. The fourth-order valence-electron chi connectivity index (χ4n) is 2.84. The Bertz CT molecular complexity index is 774. The van der Waals surface area contributed by atoms with Gasteiger partial charge in [0.25, 0.3) is 0 Å². The maximum atomic E-state index is 9.62. The maximum absolute atomic E-state index is 9.62. The van der Waals surface area contributed by atoms with Crippen molar-refractivity contribution in [2.45, 2.75) is 10.5 Å². The molecule has 23 heavy (non-hydrogen) atoms. The second-order valence-electron chi connectivity index (χ2n) is 5.49. The normalized spacial score (nSPS) is 19.3. The highest BCUT2D eigenvalue weighted by Crippen LogP contribution is 2.50. The van der Waals surface area contributed by atoms with Gasteiger partial charge in [-0.15, -0.1) is 11.8 Å². The van der Waals surface area contributed by atoms with Gasteiger partial charge in [0.05, 0.1) is 5.25 Å². The van der Waals surface area contributed by atoms with Crippen LogP contribution in [-0.2, 0) is 0 Å². The van der Waals surface area contributed by atoms with Gasteiger partial charge < -0.3 is 9.84 Å². The van der Waals surface area contributed by atoms with Crippen molar-refractivity contribution in [3.63, 3.8) is 0 Å². The van der Waals surface area contributed by atoms with Crippen molar-refractivity contribution in [2.75, 3.05) is 0 Å². The average molecular weight is 320 g/mol. The molecule has 1 N–H and O–H groups in total. The first kappa shape index (κ1) is 14.2. The zero-order valence-corrected chi connectivity index (χ0v) is 13.2. The monoisotopic (exact) mass is 320 g/mol. The first-order valence-corrected chi connectivity index (χ1v) is 8.52. The van der Waals surface area contributed by atoms with Crippen LogP contribution in [0.2, 0.25) is 0 Å². The maximum Gasteiger partial charge on any atom is 0.132 e. The van der Waals surface area contributed by atoms with E-state index in [1.807, 2.05) is 48.2 Å². The van der Waals surface area contributed by atoms with Gasteiger partial charge in [-0.05, 0) is 24.3 Å². The molecule has 1 heterocycles. The molecule has 2 aromatic carbocycles. The zero-order chi connectivity index (χ0) is 15.6. The summed E-state index contributed by atoms with van der Waals surface area (Å²) in [6.45, 7) is 0. The van der Waals surface area contributed by atoms with Crippen molar-refractivity contribution in [2.24, 2.45) is 0 Å². The van der Waals surface area contributed by atoms with Crippen LogP contribution < -0.4 is 4.74 Å². The van der Waals surface area contributed by atoms with Crippen LogP contribution in [0.3, 0.4) is 0 Å². The molecule has 2 aliphatic rings. The van der Waals surface area contributed by atoms with E-state index in [-0.39, 0.29) is 16.3 Å². The van der Waals surface area contributed by atoms with E-state index < -0.39 is 0 Å². The molecule has 1 aliphatic carbocycles. The van der Waals surface area contributed by atoms with Crippen LogP contribution in [0, 0.1) is 0 Å². The molecular formula is C20H16O2S. The molecule has 0 fully saturated rings. The SMILES string of the molecule is OC1=CC=CC(SC2c3ccccc3Oc3ccccc32)C=C1. The summed E-state index contributed by atoms with van der Waals surface area (Å²) >= 11 is 1.84. The van der Waals surface area contributed by atoms with Crippen LogP contribution in [0.5, 0.6) is 11.5 Å². The predicted molar refractivity (Wildman–Crippen MR) is 95.2 cm³/mol. The summed E-state index contributed by atoms with van der Waals surface area (Å²) in [6.07, 6.45) is 9.51. The quantitative estimate of drug-likeness (QED) is 0.786. The van der Waals surface area contributed by atoms with Gasteiger partial charge in [0, 0.05) is 16.4 Å². The van der Waals surface area contributed by atoms with E-state index in [4.69, 9.17) is 4.74 Å². The molecule has 2 aromatic rings. The minimum Gasteiger partial charge on any atom is -0.508 e. The van der Waals surface area contributed by atoms with Crippen molar-refractivity contribution in [3.8, 4) is 11.5 Å². The lowest BCUT2D eigenvalue weighted by molar-refractivity contribution is 0.432. The fourth-order valence-corrected chi connectivity index (χ4v) is 4.19. The molecule has 0 aromatic heterocycles. The lowest BCUT2D eigenvalue weighted by Crippen LogP contribution is -2.10. The fraction of sp³-hybridized carbons (Fsp3) is 0.100. The number of aliphatic hydroxyl groups excluding tert-OH is 1. The molecule has 1 unspecified atom stereocenters. The number of hydrogen-bond donors (Lipinski definition) is 1. The molecule has 0 spiro atoms. The Morgan fingerprint density at radius 1 is 0.870 bits per heavy atom. The lowest BCUT2D eigenvalue weighted by Gasteiger charge is -2.29. The minimum atomic E-state index is 0.195. The molecule has 1 atom stereocenters. The molecular weight excluding hydrogens is 304 g/mol. The van der Waals surface area contributed by atoms with Crippen molar-refractivity contribution < 1.29 is 9.84 Å². The average Bonchev–Trinajstić information content (AvgIpc) is 2.79. The molecule has 3 heteroatoms. The largest absolute Gasteiger partial charge is 0.508 e. The summed E-state index contributed by atoms with van der Waals surface area (Å²) < 4.78 is 6.04. The number of benzene rings is 2. The summed E-state index contributed by atoms with van der Waals surface area (Å²) in [7, 11) is 0. The van der Waals surface area contributed by atoms with E-state index in [0.29, 0.717) is 0 Å². The Hall–Kier alpha value is -2.39. The van der Waals surface area contributed by atoms with Crippen LogP contribution in [0.15, 0.2) is 84.7 Å². The zero-order valence-electron chi connectivity index (χ0n) is 12.4. The van der Waals surface area contributed by atoms with Gasteiger partial charge >= 0.3 is 0 Å². The number of fused-ring (bicyclic) bond motifs is 2. The lowest BCUT2D eigenvalue weighted by atomic mass is 10.00. The molecule has 4 rings (SSSR count). The van der Waals surface area contributed by atoms with E-state index in [1.54, 1.807) is 12.2 Å². The van der Waals surface area contributed by atoms with E-state index >= 15 is 0 Å². The van der Waals surface area contributed by atoms with Crippen LogP contribution >= 0.6 is 11.8 Å². The number of thioether (sulfide) groups is 1. The number of hydrogen-bond acceptors (Lipinski definition) is 3. The van der Waals surface area contributed by atoms with E-state index in [0.717, 1.165) is 11.5 Å². The van der Waals surface area contributed by atoms with Crippen molar-refractivity contribution in [1.82, 2.24) is 0 Å². The van der Waals surface area contributed by atoms with Gasteiger partial charge in [-0.3, -0.25) is 0 Å². The van der Waals surface area contributed by atoms with Crippen molar-refractivity contribution in [1.29, 1.82) is 0 Å². The number of rotatable bonds is 2. The molecule has 0 amide bonds. The van der Waals surface area contributed by atoms with E-state index in [1.165, 1.54) is 11.1 Å². The van der Waals surface area contributed by atoms with Crippen LogP contribution in [0.4, 0.5) is 0 Å². The first-order valence-electron chi connectivity index (χ1n) is 7.58. The van der Waals surface area contributed by atoms with Crippen LogP contribution in [-0.4, -0.2) is 10.4 Å². The third-order valence-electron chi connectivity index (χ3n) is 3.94. The van der Waals surface area contributed by atoms with Gasteiger partial charge in [-0.1, -0.05) is 54.6 Å². The number of para-hydroxylation sites is 2. The van der Waals surface area contributed by atoms with Gasteiger partial charge in [-0.25, -0.2) is 0 Å².